The molecule has 21 heavy (non-hydrogen) atoms. The first-order valence-electron chi connectivity index (χ1n) is 6.47. The van der Waals surface area contributed by atoms with Crippen molar-refractivity contribution in [2.75, 3.05) is 13.2 Å². The van der Waals surface area contributed by atoms with Gasteiger partial charge >= 0.3 is 5.97 Å². The molecule has 0 saturated heterocycles. The molecule has 0 aliphatic rings. The normalized spacial score (nSPS) is 10.3. The second kappa shape index (κ2) is 9.25. The molecule has 0 saturated carbocycles. The van der Waals surface area contributed by atoms with Crippen molar-refractivity contribution in [1.29, 1.82) is 0 Å². The zero-order valence-corrected chi connectivity index (χ0v) is 13.4. The first-order valence-corrected chi connectivity index (χ1v) is 7.87. The van der Waals surface area contributed by atoms with Crippen LogP contribution in [0.15, 0.2) is 29.2 Å². The van der Waals surface area contributed by atoms with E-state index >= 15 is 0 Å². The molecule has 7 heteroatoms. The highest BCUT2D eigenvalue weighted by atomic mass is 32.2. The van der Waals surface area contributed by atoms with Crippen LogP contribution in [-0.4, -0.2) is 33.4 Å². The Bertz CT molecular complexity index is 560. The lowest BCUT2D eigenvalue weighted by Crippen LogP contribution is -2.18. The summed E-state index contributed by atoms with van der Waals surface area (Å²) in [6, 6.07) is 6.14. The Balaban J connectivity index is 0.00000191. The number of carbonyl (C=O) groups is 2. The Morgan fingerprint density at radius 3 is 2.05 bits per heavy atom. The number of hydrogen-bond acceptors (Lipinski definition) is 6. The highest BCUT2D eigenvalue weighted by molar-refractivity contribution is 7.86. The molecule has 0 unspecified atom stereocenters. The average molecular weight is 316 g/mol. The summed E-state index contributed by atoms with van der Waals surface area (Å²) in [5.74, 6) is -1.77. The summed E-state index contributed by atoms with van der Waals surface area (Å²) in [4.78, 5) is 21.4. The van der Waals surface area contributed by atoms with Crippen molar-refractivity contribution < 1.29 is 26.9 Å². The molecule has 1 rings (SSSR count). The topological polar surface area (TPSA) is 86.7 Å². The van der Waals surface area contributed by atoms with Crippen LogP contribution in [0.1, 0.15) is 26.3 Å². The van der Waals surface area contributed by atoms with Crippen molar-refractivity contribution >= 4 is 21.9 Å². The molecule has 0 fully saturated rings. The molecule has 0 N–H and O–H groups in total. The summed E-state index contributed by atoms with van der Waals surface area (Å²) in [6.45, 7) is 6.25. The molecule has 0 atom stereocenters. The van der Waals surface area contributed by atoms with Gasteiger partial charge in [-0.2, -0.15) is 8.42 Å². The average Bonchev–Trinajstić information content (AvgIpc) is 2.46. The van der Waals surface area contributed by atoms with Gasteiger partial charge in [0.25, 0.3) is 10.1 Å². The molecule has 6 nitrogen and oxygen atoms in total. The van der Waals surface area contributed by atoms with Gasteiger partial charge in [0.2, 0.25) is 5.78 Å². The van der Waals surface area contributed by atoms with Crippen molar-refractivity contribution in [3.8, 4) is 0 Å². The SMILES string of the molecule is CC.CC(=O)C(=O)OCCOS(=O)(=O)c1ccc(C)cc1. The maximum Gasteiger partial charge on any atom is 0.374 e. The molecular weight excluding hydrogens is 296 g/mol. The molecule has 0 aromatic heterocycles. The molecular formula is C14H20O6S. The quantitative estimate of drug-likeness (QED) is 0.344. The Hall–Kier alpha value is -1.73. The molecule has 1 aromatic rings. The van der Waals surface area contributed by atoms with Gasteiger partial charge in [-0.1, -0.05) is 31.5 Å². The third-order valence-corrected chi connectivity index (χ3v) is 3.48. The van der Waals surface area contributed by atoms with Crippen LogP contribution in [0, 0.1) is 6.92 Å². The lowest BCUT2D eigenvalue weighted by atomic mass is 10.2. The van der Waals surface area contributed by atoms with E-state index in [9.17, 15) is 18.0 Å². The summed E-state index contributed by atoms with van der Waals surface area (Å²) >= 11 is 0. The molecule has 0 aliphatic heterocycles. The van der Waals surface area contributed by atoms with Gasteiger partial charge < -0.3 is 4.74 Å². The summed E-state index contributed by atoms with van der Waals surface area (Å²) in [5, 5.41) is 0. The number of hydrogen-bond donors (Lipinski definition) is 0. The minimum atomic E-state index is -3.87. The minimum absolute atomic E-state index is 0.0241. The molecule has 1 aromatic carbocycles. The third kappa shape index (κ3) is 7.01. The van der Waals surface area contributed by atoms with Crippen LogP contribution in [-0.2, 0) is 28.6 Å². The van der Waals surface area contributed by atoms with Crippen LogP contribution in [0.5, 0.6) is 0 Å². The first kappa shape index (κ1) is 19.3. The number of ether oxygens (including phenoxy) is 1. The van der Waals surface area contributed by atoms with Gasteiger partial charge in [-0.05, 0) is 19.1 Å². The smallest absolute Gasteiger partial charge is 0.374 e. The lowest BCUT2D eigenvalue weighted by molar-refractivity contribution is -0.153. The van der Waals surface area contributed by atoms with Crippen LogP contribution >= 0.6 is 0 Å². The van der Waals surface area contributed by atoms with E-state index in [1.165, 1.54) is 12.1 Å². The number of Topliss-reactive ketones (excluding diaryl/α,β-unsaturated/α-hetero) is 1. The Labute approximate surface area is 125 Å². The van der Waals surface area contributed by atoms with Gasteiger partial charge in [-0.3, -0.25) is 8.98 Å². The molecule has 0 aliphatic carbocycles. The predicted molar refractivity (Wildman–Crippen MR) is 77.3 cm³/mol. The van der Waals surface area contributed by atoms with Crippen LogP contribution in [0.2, 0.25) is 0 Å². The number of esters is 1. The van der Waals surface area contributed by atoms with Crippen molar-refractivity contribution in [3.05, 3.63) is 29.8 Å². The number of rotatable bonds is 6. The number of carbonyl (C=O) groups excluding carboxylic acids is 2. The summed E-state index contributed by atoms with van der Waals surface area (Å²) in [7, 11) is -3.87. The van der Waals surface area contributed by atoms with E-state index in [0.29, 0.717) is 0 Å². The van der Waals surface area contributed by atoms with Crippen molar-refractivity contribution in [3.63, 3.8) is 0 Å². The summed E-state index contributed by atoms with van der Waals surface area (Å²) in [5.41, 5.74) is 0.925. The second-order valence-electron chi connectivity index (χ2n) is 3.78. The maximum absolute atomic E-state index is 11.7. The summed E-state index contributed by atoms with van der Waals surface area (Å²) in [6.07, 6.45) is 0. The van der Waals surface area contributed by atoms with Crippen LogP contribution < -0.4 is 0 Å². The largest absolute Gasteiger partial charge is 0.457 e. The fraction of sp³-hybridized carbons (Fsp3) is 0.429. The van der Waals surface area contributed by atoms with Gasteiger partial charge in [0, 0.05) is 6.92 Å². The van der Waals surface area contributed by atoms with E-state index in [-0.39, 0.29) is 18.1 Å². The van der Waals surface area contributed by atoms with Crippen molar-refractivity contribution in [2.24, 2.45) is 0 Å². The van der Waals surface area contributed by atoms with E-state index in [2.05, 4.69) is 8.92 Å². The molecule has 0 amide bonds. The standard InChI is InChI=1S/C12H14O6S.C2H6/c1-9-3-5-11(6-4-9)19(15,16)18-8-7-17-12(14)10(2)13;1-2/h3-6H,7-8H2,1-2H3;1-2H3. The molecule has 0 spiro atoms. The lowest BCUT2D eigenvalue weighted by Gasteiger charge is -2.06. The van der Waals surface area contributed by atoms with Gasteiger partial charge in [-0.15, -0.1) is 0 Å². The van der Waals surface area contributed by atoms with Crippen molar-refractivity contribution in [2.45, 2.75) is 32.6 Å². The predicted octanol–water partition coefficient (Wildman–Crippen LogP) is 1.86. The Morgan fingerprint density at radius 1 is 1.05 bits per heavy atom. The molecule has 0 radical (unpaired) electrons. The highest BCUT2D eigenvalue weighted by Gasteiger charge is 2.15. The van der Waals surface area contributed by atoms with Crippen LogP contribution in [0.25, 0.3) is 0 Å². The van der Waals surface area contributed by atoms with E-state index in [0.717, 1.165) is 12.5 Å². The van der Waals surface area contributed by atoms with Crippen molar-refractivity contribution in [1.82, 2.24) is 0 Å². The minimum Gasteiger partial charge on any atom is -0.457 e. The van der Waals surface area contributed by atoms with E-state index in [1.54, 1.807) is 12.1 Å². The number of ketones is 1. The first-order chi connectivity index (χ1) is 9.83. The number of benzene rings is 1. The van der Waals surface area contributed by atoms with E-state index < -0.39 is 21.9 Å². The maximum atomic E-state index is 11.7. The van der Waals surface area contributed by atoms with Crippen LogP contribution in [0.4, 0.5) is 0 Å². The van der Waals surface area contributed by atoms with E-state index in [4.69, 9.17) is 0 Å². The molecule has 0 bridgehead atoms. The Kier molecular flexibility index (Phi) is 8.49. The zero-order chi connectivity index (χ0) is 16.5. The number of aryl methyl sites for hydroxylation is 1. The Morgan fingerprint density at radius 2 is 1.57 bits per heavy atom. The monoisotopic (exact) mass is 316 g/mol. The van der Waals surface area contributed by atoms with Gasteiger partial charge in [0.15, 0.2) is 0 Å². The van der Waals surface area contributed by atoms with Gasteiger partial charge in [0.1, 0.15) is 13.2 Å². The fourth-order valence-corrected chi connectivity index (χ4v) is 2.05. The highest BCUT2D eigenvalue weighted by Crippen LogP contribution is 2.12. The van der Waals surface area contributed by atoms with Gasteiger partial charge in [0.05, 0.1) is 4.90 Å². The molecule has 118 valence electrons. The zero-order valence-electron chi connectivity index (χ0n) is 12.6. The summed E-state index contributed by atoms with van der Waals surface area (Å²) < 4.78 is 32.5. The van der Waals surface area contributed by atoms with Crippen LogP contribution in [0.3, 0.4) is 0 Å². The van der Waals surface area contributed by atoms with Gasteiger partial charge in [-0.25, -0.2) is 4.79 Å². The second-order valence-corrected chi connectivity index (χ2v) is 5.40. The third-order valence-electron chi connectivity index (χ3n) is 2.15. The fourth-order valence-electron chi connectivity index (χ4n) is 1.15. The molecule has 0 heterocycles. The van der Waals surface area contributed by atoms with E-state index in [1.807, 2.05) is 20.8 Å².